The summed E-state index contributed by atoms with van der Waals surface area (Å²) in [6.45, 7) is 2.78. The van der Waals surface area contributed by atoms with E-state index in [1.807, 2.05) is 0 Å². The summed E-state index contributed by atoms with van der Waals surface area (Å²) in [5, 5.41) is 0. The van der Waals surface area contributed by atoms with E-state index in [9.17, 15) is 26.4 Å². The molecule has 0 atom stereocenters. The van der Waals surface area contributed by atoms with Gasteiger partial charge in [0, 0.05) is 31.7 Å². The van der Waals surface area contributed by atoms with Crippen molar-refractivity contribution in [3.8, 4) is 0 Å². The minimum atomic E-state index is -4.72. The maximum atomic E-state index is 14.4. The van der Waals surface area contributed by atoms with E-state index >= 15 is 0 Å². The molecule has 0 aliphatic carbocycles. The van der Waals surface area contributed by atoms with Gasteiger partial charge in [0.05, 0.1) is 16.3 Å². The smallest absolute Gasteiger partial charge is 0.341 e. The molecule has 0 N–H and O–H groups in total. The van der Waals surface area contributed by atoms with Gasteiger partial charge in [-0.05, 0) is 37.3 Å². The van der Waals surface area contributed by atoms with Crippen LogP contribution in [-0.4, -0.2) is 46.1 Å². The molecule has 150 valence electrons. The lowest BCUT2D eigenvalue weighted by atomic mass is 10.1. The number of alkyl halides is 2. The number of sulfone groups is 1. The third kappa shape index (κ3) is 3.84. The minimum Gasteiger partial charge on any atom is -0.367 e. The molecule has 0 radical (unpaired) electrons. The second-order valence-electron chi connectivity index (χ2n) is 6.47. The summed E-state index contributed by atoms with van der Waals surface area (Å²) in [5.41, 5.74) is 0.846. The number of nitrogens with zero attached hydrogens (tertiary/aromatic N) is 2. The van der Waals surface area contributed by atoms with Crippen LogP contribution in [0.25, 0.3) is 0 Å². The Bertz CT molecular complexity index is 988. The number of carbonyl (C=O) groups is 1. The number of carbonyl (C=O) groups excluding carboxylic acids is 1. The van der Waals surface area contributed by atoms with E-state index in [0.29, 0.717) is 31.9 Å². The van der Waals surface area contributed by atoms with Crippen molar-refractivity contribution in [2.24, 2.45) is 0 Å². The van der Waals surface area contributed by atoms with Crippen LogP contribution < -0.4 is 9.80 Å². The average molecular weight is 412 g/mol. The molecule has 0 amide bonds. The van der Waals surface area contributed by atoms with Crippen molar-refractivity contribution in [1.82, 2.24) is 0 Å². The molecule has 0 saturated carbocycles. The zero-order valence-corrected chi connectivity index (χ0v) is 15.9. The highest BCUT2D eigenvalue weighted by Gasteiger charge is 2.31. The van der Waals surface area contributed by atoms with E-state index in [0.717, 1.165) is 0 Å². The van der Waals surface area contributed by atoms with Crippen LogP contribution in [0, 0.1) is 5.82 Å². The normalized spacial score (nSPS) is 15.2. The van der Waals surface area contributed by atoms with E-state index in [1.54, 1.807) is 21.9 Å². The van der Waals surface area contributed by atoms with Crippen LogP contribution in [0.15, 0.2) is 47.4 Å². The topological polar surface area (TPSA) is 57.7 Å². The van der Waals surface area contributed by atoms with Gasteiger partial charge in [0.1, 0.15) is 5.82 Å². The first-order chi connectivity index (χ1) is 13.2. The summed E-state index contributed by atoms with van der Waals surface area (Å²) >= 11 is 0. The summed E-state index contributed by atoms with van der Waals surface area (Å²) in [6, 6.07) is 9.94. The second-order valence-corrected chi connectivity index (χ2v) is 8.36. The molecule has 2 aromatic rings. The maximum absolute atomic E-state index is 14.4. The highest BCUT2D eigenvalue weighted by molar-refractivity contribution is 7.91. The number of hydrogen-bond acceptors (Lipinski definition) is 5. The Kier molecular flexibility index (Phi) is 5.64. The van der Waals surface area contributed by atoms with Crippen LogP contribution in [0.5, 0.6) is 0 Å². The van der Waals surface area contributed by atoms with Crippen molar-refractivity contribution >= 4 is 27.0 Å². The fourth-order valence-electron chi connectivity index (χ4n) is 3.23. The van der Waals surface area contributed by atoms with E-state index < -0.39 is 26.3 Å². The SMILES string of the molecule is CC(=O)c1ccc(N2CCN(c3ccccc3S(=O)(=O)C(F)F)CC2)c(F)c1. The maximum Gasteiger partial charge on any atom is 0.341 e. The Hall–Kier alpha value is -2.55. The quantitative estimate of drug-likeness (QED) is 0.705. The van der Waals surface area contributed by atoms with Gasteiger partial charge in [-0.15, -0.1) is 0 Å². The zero-order chi connectivity index (χ0) is 20.5. The van der Waals surface area contributed by atoms with Crippen molar-refractivity contribution in [3.63, 3.8) is 0 Å². The summed E-state index contributed by atoms with van der Waals surface area (Å²) in [5.74, 6) is -4.24. The van der Waals surface area contributed by atoms with Crippen molar-refractivity contribution in [3.05, 3.63) is 53.8 Å². The van der Waals surface area contributed by atoms with Crippen LogP contribution in [0.4, 0.5) is 24.5 Å². The van der Waals surface area contributed by atoms with Gasteiger partial charge in [0.2, 0.25) is 9.84 Å². The van der Waals surface area contributed by atoms with Gasteiger partial charge in [-0.1, -0.05) is 12.1 Å². The molecule has 0 bridgehead atoms. The Morgan fingerprint density at radius 2 is 1.54 bits per heavy atom. The number of halogens is 3. The van der Waals surface area contributed by atoms with Crippen LogP contribution >= 0.6 is 0 Å². The zero-order valence-electron chi connectivity index (χ0n) is 15.1. The lowest BCUT2D eigenvalue weighted by molar-refractivity contribution is 0.101. The molecule has 0 aromatic heterocycles. The van der Waals surface area contributed by atoms with Crippen LogP contribution in [0.1, 0.15) is 17.3 Å². The molecule has 0 spiro atoms. The fourth-order valence-corrected chi connectivity index (χ4v) is 4.17. The predicted octanol–water partition coefficient (Wildman–Crippen LogP) is 3.35. The third-order valence-corrected chi connectivity index (χ3v) is 6.15. The molecule has 1 aliphatic rings. The average Bonchev–Trinajstić information content (AvgIpc) is 2.68. The molecule has 0 unspecified atom stereocenters. The number of ketones is 1. The number of anilines is 2. The van der Waals surface area contributed by atoms with Crippen molar-refractivity contribution in [1.29, 1.82) is 0 Å². The summed E-state index contributed by atoms with van der Waals surface area (Å²) < 4.78 is 64.2. The molecular weight excluding hydrogens is 393 g/mol. The Morgan fingerprint density at radius 1 is 0.964 bits per heavy atom. The van der Waals surface area contributed by atoms with Gasteiger partial charge >= 0.3 is 5.76 Å². The first kappa shape index (κ1) is 20.2. The van der Waals surface area contributed by atoms with Gasteiger partial charge in [-0.3, -0.25) is 4.79 Å². The van der Waals surface area contributed by atoms with E-state index in [2.05, 4.69) is 0 Å². The number of piperazine rings is 1. The van der Waals surface area contributed by atoms with E-state index in [1.165, 1.54) is 37.3 Å². The summed E-state index contributed by atoms with van der Waals surface area (Å²) in [6.07, 6.45) is 0. The first-order valence-corrected chi connectivity index (χ1v) is 10.2. The van der Waals surface area contributed by atoms with E-state index in [-0.39, 0.29) is 17.0 Å². The van der Waals surface area contributed by atoms with E-state index in [4.69, 9.17) is 0 Å². The predicted molar refractivity (Wildman–Crippen MR) is 100 cm³/mol. The molecule has 28 heavy (non-hydrogen) atoms. The molecule has 1 fully saturated rings. The highest BCUT2D eigenvalue weighted by Crippen LogP contribution is 2.31. The number of rotatable bonds is 5. The monoisotopic (exact) mass is 412 g/mol. The van der Waals surface area contributed by atoms with Gasteiger partial charge in [0.25, 0.3) is 0 Å². The number of para-hydroxylation sites is 1. The van der Waals surface area contributed by atoms with Crippen LogP contribution in [-0.2, 0) is 9.84 Å². The standard InChI is InChI=1S/C19H19F3N2O3S/c1-13(25)14-6-7-16(15(20)12-14)23-8-10-24(11-9-23)17-4-2-3-5-18(17)28(26,27)19(21)22/h2-7,12,19H,8-11H2,1H3. The molecule has 1 saturated heterocycles. The largest absolute Gasteiger partial charge is 0.367 e. The summed E-state index contributed by atoms with van der Waals surface area (Å²) in [4.78, 5) is 14.4. The first-order valence-electron chi connectivity index (χ1n) is 8.63. The van der Waals surface area contributed by atoms with Crippen LogP contribution in [0.2, 0.25) is 0 Å². The molecule has 1 heterocycles. The molecule has 2 aromatic carbocycles. The molecule has 5 nitrogen and oxygen atoms in total. The molecule has 3 rings (SSSR count). The second kappa shape index (κ2) is 7.83. The molecule has 1 aliphatic heterocycles. The Morgan fingerprint density at radius 3 is 2.07 bits per heavy atom. The van der Waals surface area contributed by atoms with Gasteiger partial charge in [0.15, 0.2) is 5.78 Å². The Balaban J connectivity index is 1.80. The highest BCUT2D eigenvalue weighted by atomic mass is 32.2. The van der Waals surface area contributed by atoms with Gasteiger partial charge in [-0.2, -0.15) is 8.78 Å². The van der Waals surface area contributed by atoms with Crippen molar-refractivity contribution in [2.75, 3.05) is 36.0 Å². The van der Waals surface area contributed by atoms with Gasteiger partial charge < -0.3 is 9.80 Å². The number of hydrogen-bond donors (Lipinski definition) is 0. The molecular formula is C19H19F3N2O3S. The third-order valence-electron chi connectivity index (χ3n) is 4.72. The van der Waals surface area contributed by atoms with Crippen molar-refractivity contribution < 1.29 is 26.4 Å². The lowest BCUT2D eigenvalue weighted by Gasteiger charge is -2.38. The molecule has 9 heteroatoms. The minimum absolute atomic E-state index is 0.217. The summed E-state index contributed by atoms with van der Waals surface area (Å²) in [7, 11) is -4.72. The van der Waals surface area contributed by atoms with Gasteiger partial charge in [-0.25, -0.2) is 12.8 Å². The fraction of sp³-hybridized carbons (Fsp3) is 0.316. The van der Waals surface area contributed by atoms with Crippen LogP contribution in [0.3, 0.4) is 0 Å². The lowest BCUT2D eigenvalue weighted by Crippen LogP contribution is -2.47. The number of Topliss-reactive ketones (excluding diaryl/α,β-unsaturated/α-hetero) is 1. The Labute approximate surface area is 161 Å². The number of benzene rings is 2. The van der Waals surface area contributed by atoms with Crippen molar-refractivity contribution in [2.45, 2.75) is 17.6 Å².